The number of hydrogen-bond donors (Lipinski definition) is 1. The first-order valence-electron chi connectivity index (χ1n) is 9.61. The summed E-state index contributed by atoms with van der Waals surface area (Å²) in [7, 11) is 0. The quantitative estimate of drug-likeness (QED) is 0.674. The Kier molecular flexibility index (Phi) is 5.09. The predicted molar refractivity (Wildman–Crippen MR) is 109 cm³/mol. The van der Waals surface area contributed by atoms with Gasteiger partial charge in [-0.3, -0.25) is 4.79 Å². The molecule has 0 radical (unpaired) electrons. The lowest BCUT2D eigenvalue weighted by molar-refractivity contribution is 0.0160. The molecule has 30 heavy (non-hydrogen) atoms. The molecule has 0 saturated heterocycles. The maximum absolute atomic E-state index is 14.1. The van der Waals surface area contributed by atoms with E-state index in [1.807, 2.05) is 18.7 Å². The van der Waals surface area contributed by atoms with Crippen LogP contribution in [0.15, 0.2) is 35.3 Å². The number of benzene rings is 1. The van der Waals surface area contributed by atoms with Gasteiger partial charge in [-0.2, -0.15) is 5.10 Å². The number of alkyl halides is 2. The van der Waals surface area contributed by atoms with E-state index in [1.165, 1.54) is 12.3 Å². The first-order chi connectivity index (χ1) is 14.2. The molecular weight excluding hydrogens is 414 g/mol. The summed E-state index contributed by atoms with van der Waals surface area (Å²) in [5, 5.41) is 14.9. The second-order valence-electron chi connectivity index (χ2n) is 7.54. The molecular formula is C20H21ClF2N6O. The van der Waals surface area contributed by atoms with Gasteiger partial charge in [-0.05, 0) is 19.4 Å². The number of nitrogens with zero attached hydrogens (tertiary/aromatic N) is 5. The van der Waals surface area contributed by atoms with Gasteiger partial charge in [-0.25, -0.2) is 18.6 Å². The lowest BCUT2D eigenvalue weighted by Gasteiger charge is -2.35. The zero-order chi connectivity index (χ0) is 21.6. The van der Waals surface area contributed by atoms with E-state index in [4.69, 9.17) is 11.6 Å². The van der Waals surface area contributed by atoms with E-state index in [-0.39, 0.29) is 16.6 Å². The van der Waals surface area contributed by atoms with Crippen molar-refractivity contribution in [2.75, 3.05) is 11.4 Å². The van der Waals surface area contributed by atoms with Gasteiger partial charge in [0.05, 0.1) is 29.7 Å². The molecule has 7 nitrogen and oxygen atoms in total. The molecule has 1 N–H and O–H groups in total. The maximum Gasteiger partial charge on any atom is 0.285 e. The normalized spacial score (nSPS) is 17.7. The van der Waals surface area contributed by atoms with Crippen LogP contribution in [0.3, 0.4) is 0 Å². The highest BCUT2D eigenvalue weighted by Gasteiger charge is 2.34. The van der Waals surface area contributed by atoms with Crippen LogP contribution in [0, 0.1) is 0 Å². The van der Waals surface area contributed by atoms with Gasteiger partial charge in [-0.15, -0.1) is 5.10 Å². The van der Waals surface area contributed by atoms with E-state index in [2.05, 4.69) is 20.5 Å². The van der Waals surface area contributed by atoms with Crippen LogP contribution in [-0.2, 0) is 12.3 Å². The van der Waals surface area contributed by atoms with Crippen LogP contribution in [0.1, 0.15) is 55.4 Å². The third-order valence-corrected chi connectivity index (χ3v) is 5.98. The highest BCUT2D eigenvalue weighted by molar-refractivity contribution is 6.33. The second kappa shape index (κ2) is 7.46. The van der Waals surface area contributed by atoms with Crippen molar-refractivity contribution in [2.24, 2.45) is 0 Å². The Bertz CT molecular complexity index is 1140. The molecule has 1 aliphatic rings. The molecule has 10 heteroatoms. The van der Waals surface area contributed by atoms with E-state index in [0.717, 1.165) is 18.3 Å². The minimum atomic E-state index is -2.96. The van der Waals surface area contributed by atoms with Crippen LogP contribution >= 0.6 is 11.6 Å². The van der Waals surface area contributed by atoms with Crippen LogP contribution in [0.2, 0.25) is 5.02 Å². The average Bonchev–Trinajstić information content (AvgIpc) is 3.14. The molecule has 158 valence electrons. The van der Waals surface area contributed by atoms with Gasteiger partial charge >= 0.3 is 0 Å². The third-order valence-electron chi connectivity index (χ3n) is 5.61. The molecule has 0 fully saturated rings. The molecule has 1 aromatic carbocycles. The first kappa shape index (κ1) is 20.5. The topological polar surface area (TPSA) is 79.7 Å². The Morgan fingerprint density at radius 2 is 2.07 bits per heavy atom. The van der Waals surface area contributed by atoms with E-state index in [9.17, 15) is 13.6 Å². The van der Waals surface area contributed by atoms with Gasteiger partial charge in [0.2, 0.25) is 0 Å². The summed E-state index contributed by atoms with van der Waals surface area (Å²) in [6.45, 7) is 5.24. The van der Waals surface area contributed by atoms with Crippen LogP contribution < -0.4 is 10.5 Å². The van der Waals surface area contributed by atoms with Crippen LogP contribution in [0.25, 0.3) is 0 Å². The lowest BCUT2D eigenvalue weighted by atomic mass is 9.96. The molecule has 0 unspecified atom stereocenters. The molecule has 1 aliphatic heterocycles. The number of H-pyrrole nitrogens is 1. The minimum absolute atomic E-state index is 0.0198. The number of aromatic amines is 1. The fourth-order valence-corrected chi connectivity index (χ4v) is 4.27. The summed E-state index contributed by atoms with van der Waals surface area (Å²) in [6, 6.07) is 5.88. The number of anilines is 1. The Morgan fingerprint density at radius 1 is 1.33 bits per heavy atom. The monoisotopic (exact) mass is 434 g/mol. The standard InChI is InChI=1S/C20H21ClF2N6O/c1-11(13-6-4-5-7-14(13)20(3,22)23)29-15-8-9-28(12(2)18(15)25-27-29)16-10-24-26-19(30)17(16)21/h4-7,10-12H,8-9H2,1-3H3,(H,26,30)/t11-,12+/m1/s1. The summed E-state index contributed by atoms with van der Waals surface area (Å²) in [5.41, 5.74) is 2.17. The van der Waals surface area contributed by atoms with Gasteiger partial charge in [-0.1, -0.05) is 41.1 Å². The highest BCUT2D eigenvalue weighted by Crippen LogP contribution is 2.37. The first-order valence-corrected chi connectivity index (χ1v) is 9.99. The molecule has 0 amide bonds. The Morgan fingerprint density at radius 3 is 2.80 bits per heavy atom. The minimum Gasteiger partial charge on any atom is -0.360 e. The average molecular weight is 435 g/mol. The van der Waals surface area contributed by atoms with Crippen molar-refractivity contribution in [3.63, 3.8) is 0 Å². The SMILES string of the molecule is C[C@H](c1ccccc1C(C)(F)F)n1nnc2c1CCN(c1cn[nH]c(=O)c1Cl)[C@H]2C. The molecule has 0 bridgehead atoms. The van der Waals surface area contributed by atoms with Crippen LogP contribution in [-0.4, -0.2) is 31.7 Å². The summed E-state index contributed by atoms with van der Waals surface area (Å²) in [4.78, 5) is 13.8. The molecule has 2 atom stereocenters. The third kappa shape index (κ3) is 3.36. The Labute approximate surface area is 176 Å². The molecule has 2 aromatic heterocycles. The summed E-state index contributed by atoms with van der Waals surface area (Å²) >= 11 is 6.18. The van der Waals surface area contributed by atoms with Gasteiger partial charge in [0, 0.05) is 25.5 Å². The van der Waals surface area contributed by atoms with E-state index < -0.39 is 17.5 Å². The van der Waals surface area contributed by atoms with Crippen molar-refractivity contribution in [3.8, 4) is 0 Å². The van der Waals surface area contributed by atoms with E-state index in [1.54, 1.807) is 22.9 Å². The number of halogens is 3. The Hall–Kier alpha value is -2.81. The largest absolute Gasteiger partial charge is 0.360 e. The Balaban J connectivity index is 1.71. The van der Waals surface area contributed by atoms with Gasteiger partial charge in [0.15, 0.2) is 0 Å². The fourth-order valence-electron chi connectivity index (χ4n) is 4.07. The summed E-state index contributed by atoms with van der Waals surface area (Å²) in [6.07, 6.45) is 2.09. The van der Waals surface area contributed by atoms with Gasteiger partial charge < -0.3 is 4.90 Å². The molecule has 0 aliphatic carbocycles. The molecule has 0 spiro atoms. The zero-order valence-electron chi connectivity index (χ0n) is 16.7. The van der Waals surface area contributed by atoms with Crippen LogP contribution in [0.4, 0.5) is 14.5 Å². The number of nitrogens with one attached hydrogen (secondary N) is 1. The second-order valence-corrected chi connectivity index (χ2v) is 7.91. The number of aromatic nitrogens is 5. The summed E-state index contributed by atoms with van der Waals surface area (Å²) < 4.78 is 30.0. The molecule has 0 saturated carbocycles. The number of rotatable bonds is 4. The zero-order valence-corrected chi connectivity index (χ0v) is 17.5. The van der Waals surface area contributed by atoms with Crippen molar-refractivity contribution < 1.29 is 8.78 Å². The van der Waals surface area contributed by atoms with Crippen molar-refractivity contribution in [1.82, 2.24) is 25.2 Å². The molecule has 3 heterocycles. The predicted octanol–water partition coefficient (Wildman–Crippen LogP) is 3.86. The van der Waals surface area contributed by atoms with Gasteiger partial charge in [0.1, 0.15) is 10.7 Å². The smallest absolute Gasteiger partial charge is 0.285 e. The van der Waals surface area contributed by atoms with Gasteiger partial charge in [0.25, 0.3) is 11.5 Å². The van der Waals surface area contributed by atoms with Crippen LogP contribution in [0.5, 0.6) is 0 Å². The van der Waals surface area contributed by atoms with Crippen molar-refractivity contribution in [2.45, 2.75) is 45.2 Å². The number of fused-ring (bicyclic) bond motifs is 1. The van der Waals surface area contributed by atoms with Crippen molar-refractivity contribution >= 4 is 17.3 Å². The van der Waals surface area contributed by atoms with E-state index in [0.29, 0.717) is 24.2 Å². The van der Waals surface area contributed by atoms with E-state index >= 15 is 0 Å². The molecule has 4 rings (SSSR count). The number of hydrogen-bond acceptors (Lipinski definition) is 5. The highest BCUT2D eigenvalue weighted by atomic mass is 35.5. The fraction of sp³-hybridized carbons (Fsp3) is 0.400. The molecule has 3 aromatic rings. The van der Waals surface area contributed by atoms with Crippen molar-refractivity contribution in [3.05, 3.63) is 68.4 Å². The lowest BCUT2D eigenvalue weighted by Crippen LogP contribution is -2.36. The van der Waals surface area contributed by atoms with Crippen molar-refractivity contribution in [1.29, 1.82) is 0 Å². The maximum atomic E-state index is 14.1. The summed E-state index contributed by atoms with van der Waals surface area (Å²) in [5.74, 6) is -2.96.